The molecule has 0 aliphatic rings. The van der Waals surface area contributed by atoms with E-state index in [0.717, 1.165) is 16.9 Å². The zero-order valence-electron chi connectivity index (χ0n) is 11.1. The van der Waals surface area contributed by atoms with Gasteiger partial charge in [-0.05, 0) is 23.3 Å². The predicted octanol–water partition coefficient (Wildman–Crippen LogP) is 4.73. The molecule has 1 radical (unpaired) electrons. The van der Waals surface area contributed by atoms with Gasteiger partial charge in [-0.1, -0.05) is 72.8 Å². The average Bonchev–Trinajstić information content (AvgIpc) is 2.55. The molecule has 0 aliphatic carbocycles. The Balaban J connectivity index is 1.84. The molecule has 0 spiro atoms. The number of hydrogen-bond donors (Lipinski definition) is 0. The zero-order valence-corrected chi connectivity index (χ0v) is 11.1. The van der Waals surface area contributed by atoms with Crippen LogP contribution in [0.25, 0.3) is 11.1 Å². The quantitative estimate of drug-likeness (QED) is 0.658. The van der Waals surface area contributed by atoms with Gasteiger partial charge in [0.2, 0.25) is 0 Å². The second kappa shape index (κ2) is 6.07. The minimum Gasteiger partial charge on any atom is -0.488 e. The molecule has 0 fully saturated rings. The first kappa shape index (κ1) is 12.5. The van der Waals surface area contributed by atoms with Gasteiger partial charge in [0.1, 0.15) is 12.4 Å². The highest BCUT2D eigenvalue weighted by atomic mass is 16.5. The van der Waals surface area contributed by atoms with Gasteiger partial charge in [0, 0.05) is 5.56 Å². The molecule has 0 heterocycles. The number of ether oxygens (including phenoxy) is 1. The molecule has 3 rings (SSSR count). The van der Waals surface area contributed by atoms with E-state index in [9.17, 15) is 0 Å². The molecule has 0 amide bonds. The van der Waals surface area contributed by atoms with Gasteiger partial charge >= 0.3 is 0 Å². The van der Waals surface area contributed by atoms with Crippen LogP contribution in [0.2, 0.25) is 0 Å². The summed E-state index contributed by atoms with van der Waals surface area (Å²) in [5.74, 6) is 0.888. The first-order chi connectivity index (χ1) is 9.93. The normalized spacial score (nSPS) is 10.2. The van der Waals surface area contributed by atoms with Crippen LogP contribution in [0.15, 0.2) is 78.9 Å². The Morgan fingerprint density at radius 2 is 1.50 bits per heavy atom. The van der Waals surface area contributed by atoms with E-state index in [0.29, 0.717) is 6.61 Å². The van der Waals surface area contributed by atoms with Crippen molar-refractivity contribution in [3.05, 3.63) is 90.5 Å². The van der Waals surface area contributed by atoms with E-state index >= 15 is 0 Å². The summed E-state index contributed by atoms with van der Waals surface area (Å²) in [5, 5.41) is 0. The molecule has 0 saturated heterocycles. The van der Waals surface area contributed by atoms with Crippen LogP contribution in [0, 0.1) is 6.07 Å². The lowest BCUT2D eigenvalue weighted by atomic mass is 10.1. The molecule has 1 heteroatoms. The van der Waals surface area contributed by atoms with Crippen molar-refractivity contribution < 1.29 is 4.74 Å². The second-order valence-corrected chi connectivity index (χ2v) is 4.55. The van der Waals surface area contributed by atoms with Crippen LogP contribution in [0.1, 0.15) is 5.56 Å². The third kappa shape index (κ3) is 2.89. The maximum atomic E-state index is 5.96. The van der Waals surface area contributed by atoms with Gasteiger partial charge < -0.3 is 4.74 Å². The molecule has 3 aromatic carbocycles. The SMILES string of the molecule is [c]1ccccc1-c1ccccc1OCc1ccccc1. The van der Waals surface area contributed by atoms with Crippen molar-refractivity contribution in [3.8, 4) is 16.9 Å². The monoisotopic (exact) mass is 259 g/mol. The first-order valence-corrected chi connectivity index (χ1v) is 6.66. The fourth-order valence-electron chi connectivity index (χ4n) is 2.11. The highest BCUT2D eigenvalue weighted by Crippen LogP contribution is 2.29. The Labute approximate surface area is 119 Å². The summed E-state index contributed by atoms with van der Waals surface area (Å²) in [6, 6.07) is 29.5. The first-order valence-electron chi connectivity index (χ1n) is 6.66. The maximum absolute atomic E-state index is 5.96. The van der Waals surface area contributed by atoms with Crippen LogP contribution in [0.5, 0.6) is 5.75 Å². The highest BCUT2D eigenvalue weighted by molar-refractivity contribution is 5.69. The fourth-order valence-corrected chi connectivity index (χ4v) is 2.11. The molecule has 97 valence electrons. The zero-order chi connectivity index (χ0) is 13.6. The van der Waals surface area contributed by atoms with E-state index in [1.807, 2.05) is 60.7 Å². The van der Waals surface area contributed by atoms with Crippen LogP contribution in [-0.2, 0) is 6.61 Å². The van der Waals surface area contributed by atoms with E-state index in [4.69, 9.17) is 4.74 Å². The van der Waals surface area contributed by atoms with Crippen molar-refractivity contribution in [3.63, 3.8) is 0 Å². The Morgan fingerprint density at radius 3 is 2.30 bits per heavy atom. The smallest absolute Gasteiger partial charge is 0.127 e. The predicted molar refractivity (Wildman–Crippen MR) is 81.5 cm³/mol. The largest absolute Gasteiger partial charge is 0.488 e. The number of hydrogen-bond acceptors (Lipinski definition) is 1. The number of para-hydroxylation sites is 1. The molecule has 20 heavy (non-hydrogen) atoms. The lowest BCUT2D eigenvalue weighted by molar-refractivity contribution is 0.307. The fraction of sp³-hybridized carbons (Fsp3) is 0.0526. The van der Waals surface area contributed by atoms with Crippen LogP contribution >= 0.6 is 0 Å². The van der Waals surface area contributed by atoms with Gasteiger partial charge in [-0.15, -0.1) is 0 Å². The summed E-state index contributed by atoms with van der Waals surface area (Å²) in [5.41, 5.74) is 3.29. The molecular formula is C19H15O. The topological polar surface area (TPSA) is 9.23 Å². The molecule has 0 unspecified atom stereocenters. The third-order valence-corrected chi connectivity index (χ3v) is 3.12. The Morgan fingerprint density at radius 1 is 0.750 bits per heavy atom. The molecule has 0 saturated carbocycles. The van der Waals surface area contributed by atoms with Gasteiger partial charge in [-0.25, -0.2) is 0 Å². The second-order valence-electron chi connectivity index (χ2n) is 4.55. The molecule has 0 aliphatic heterocycles. The van der Waals surface area contributed by atoms with Gasteiger partial charge in [-0.2, -0.15) is 0 Å². The van der Waals surface area contributed by atoms with E-state index < -0.39 is 0 Å². The van der Waals surface area contributed by atoms with Gasteiger partial charge in [0.15, 0.2) is 0 Å². The highest BCUT2D eigenvalue weighted by Gasteiger charge is 2.05. The van der Waals surface area contributed by atoms with E-state index in [1.54, 1.807) is 0 Å². The summed E-state index contributed by atoms with van der Waals surface area (Å²) in [6.45, 7) is 0.574. The van der Waals surface area contributed by atoms with Crippen LogP contribution in [-0.4, -0.2) is 0 Å². The average molecular weight is 259 g/mol. The molecule has 0 N–H and O–H groups in total. The van der Waals surface area contributed by atoms with Crippen molar-refractivity contribution in [2.75, 3.05) is 0 Å². The minimum absolute atomic E-state index is 0.574. The van der Waals surface area contributed by atoms with E-state index in [1.165, 1.54) is 5.56 Å². The Bertz CT molecular complexity index is 660. The summed E-state index contributed by atoms with van der Waals surface area (Å²) in [4.78, 5) is 0. The van der Waals surface area contributed by atoms with Crippen LogP contribution in [0.3, 0.4) is 0 Å². The number of rotatable bonds is 4. The summed E-state index contributed by atoms with van der Waals surface area (Å²) in [7, 11) is 0. The number of benzene rings is 3. The molecule has 0 aromatic heterocycles. The summed E-state index contributed by atoms with van der Waals surface area (Å²) in [6.07, 6.45) is 0. The molecule has 3 aromatic rings. The van der Waals surface area contributed by atoms with Gasteiger partial charge in [0.25, 0.3) is 0 Å². The Hall–Kier alpha value is -2.54. The van der Waals surface area contributed by atoms with Crippen molar-refractivity contribution in [2.24, 2.45) is 0 Å². The van der Waals surface area contributed by atoms with E-state index in [2.05, 4.69) is 24.3 Å². The molecule has 0 bridgehead atoms. The maximum Gasteiger partial charge on any atom is 0.127 e. The lowest BCUT2D eigenvalue weighted by Crippen LogP contribution is -1.96. The molecular weight excluding hydrogens is 244 g/mol. The standard InChI is InChI=1S/C19H15O/c1-3-9-16(10-4-1)15-20-19-14-8-7-13-18(19)17-11-5-2-6-12-17/h1-11,13-14H,15H2. The minimum atomic E-state index is 0.574. The summed E-state index contributed by atoms with van der Waals surface area (Å²) >= 11 is 0. The molecule has 0 atom stereocenters. The summed E-state index contributed by atoms with van der Waals surface area (Å²) < 4.78 is 5.96. The van der Waals surface area contributed by atoms with Gasteiger partial charge in [0.05, 0.1) is 0 Å². The van der Waals surface area contributed by atoms with Crippen LogP contribution < -0.4 is 4.74 Å². The third-order valence-electron chi connectivity index (χ3n) is 3.12. The van der Waals surface area contributed by atoms with Crippen LogP contribution in [0.4, 0.5) is 0 Å². The van der Waals surface area contributed by atoms with Gasteiger partial charge in [-0.3, -0.25) is 0 Å². The van der Waals surface area contributed by atoms with Crippen molar-refractivity contribution >= 4 is 0 Å². The van der Waals surface area contributed by atoms with Crippen molar-refractivity contribution in [1.82, 2.24) is 0 Å². The molecule has 1 nitrogen and oxygen atoms in total. The lowest BCUT2D eigenvalue weighted by Gasteiger charge is -2.11. The van der Waals surface area contributed by atoms with Crippen molar-refractivity contribution in [2.45, 2.75) is 6.61 Å². The van der Waals surface area contributed by atoms with Crippen molar-refractivity contribution in [1.29, 1.82) is 0 Å². The Kier molecular flexibility index (Phi) is 3.79. The van der Waals surface area contributed by atoms with E-state index in [-0.39, 0.29) is 0 Å².